The van der Waals surface area contributed by atoms with E-state index in [1.165, 1.54) is 0 Å². The van der Waals surface area contributed by atoms with Gasteiger partial charge in [-0.25, -0.2) is 4.98 Å². The van der Waals surface area contributed by atoms with Gasteiger partial charge in [-0.3, -0.25) is 9.59 Å². The van der Waals surface area contributed by atoms with Crippen LogP contribution < -0.4 is 21.3 Å². The number of nitrogens with one attached hydrogen (secondary N) is 4. The van der Waals surface area contributed by atoms with Gasteiger partial charge in [-0.1, -0.05) is 0 Å². The number of aliphatic hydroxyl groups is 1. The van der Waals surface area contributed by atoms with Crippen LogP contribution in [0.3, 0.4) is 0 Å². The lowest BCUT2D eigenvalue weighted by molar-refractivity contribution is -0.129. The Kier molecular flexibility index (Phi) is 9.68. The quantitative estimate of drug-likeness (QED) is 0.456. The lowest BCUT2D eigenvalue weighted by Crippen LogP contribution is -2.46. The first-order chi connectivity index (χ1) is 15.9. The molecule has 0 radical (unpaired) electrons. The fourth-order valence-electron chi connectivity index (χ4n) is 4.18. The van der Waals surface area contributed by atoms with Crippen molar-refractivity contribution in [1.29, 1.82) is 0 Å². The summed E-state index contributed by atoms with van der Waals surface area (Å²) in [5.74, 6) is 0.448. The van der Waals surface area contributed by atoms with Gasteiger partial charge in [0.05, 0.1) is 0 Å². The number of nitrogens with zero attached hydrogens (tertiary/aromatic N) is 3. The number of rotatable bonds is 3. The Morgan fingerprint density at radius 3 is 2.48 bits per heavy atom. The number of carbonyl (C=O) groups is 2. The molecule has 3 heterocycles. The normalized spacial score (nSPS) is 22.2. The van der Waals surface area contributed by atoms with Gasteiger partial charge in [0.1, 0.15) is 17.5 Å². The summed E-state index contributed by atoms with van der Waals surface area (Å²) in [5.41, 5.74) is 0.409. The lowest BCUT2D eigenvalue weighted by atomic mass is 10.0. The second-order valence-electron chi connectivity index (χ2n) is 9.20. The molecule has 1 unspecified atom stereocenters. The molecule has 1 saturated heterocycles. The number of anilines is 2. The van der Waals surface area contributed by atoms with Crippen LogP contribution in [0.4, 0.5) is 11.8 Å². The van der Waals surface area contributed by atoms with Crippen molar-refractivity contribution < 1.29 is 14.7 Å². The Morgan fingerprint density at radius 1 is 1.06 bits per heavy atom. The Morgan fingerprint density at radius 2 is 1.76 bits per heavy atom. The van der Waals surface area contributed by atoms with E-state index in [-0.39, 0.29) is 17.9 Å². The summed E-state index contributed by atoms with van der Waals surface area (Å²) in [5, 5.41) is 22.4. The molecule has 1 aromatic rings. The van der Waals surface area contributed by atoms with Gasteiger partial charge in [-0.15, -0.1) is 0 Å². The van der Waals surface area contributed by atoms with Crippen LogP contribution in [0, 0.1) is 0 Å². The van der Waals surface area contributed by atoms with Crippen LogP contribution in [-0.4, -0.2) is 82.7 Å². The molecule has 0 aromatic carbocycles. The largest absolute Gasteiger partial charge is 0.383 e. The van der Waals surface area contributed by atoms with Gasteiger partial charge in [-0.05, 0) is 58.8 Å². The van der Waals surface area contributed by atoms with Crippen LogP contribution in [0.25, 0.3) is 0 Å². The van der Waals surface area contributed by atoms with E-state index in [9.17, 15) is 14.7 Å². The second-order valence-corrected chi connectivity index (χ2v) is 9.20. The van der Waals surface area contributed by atoms with Crippen LogP contribution >= 0.6 is 0 Å². The van der Waals surface area contributed by atoms with E-state index in [2.05, 4.69) is 50.0 Å². The summed E-state index contributed by atoms with van der Waals surface area (Å²) in [6, 6.07) is 0.654. The average Bonchev–Trinajstić information content (AvgIpc) is 2.80. The summed E-state index contributed by atoms with van der Waals surface area (Å²) in [7, 11) is 0. The highest BCUT2D eigenvalue weighted by Gasteiger charge is 2.24. The molecule has 10 heteroatoms. The number of likely N-dealkylation sites (tertiary alicyclic amines) is 1. The highest BCUT2D eigenvalue weighted by molar-refractivity contribution is 5.98. The Hall–Kier alpha value is -2.46. The van der Waals surface area contributed by atoms with Crippen molar-refractivity contribution in [3.8, 4) is 0 Å². The zero-order valence-corrected chi connectivity index (χ0v) is 19.9. The zero-order valence-electron chi connectivity index (χ0n) is 19.9. The first kappa shape index (κ1) is 25.2. The van der Waals surface area contributed by atoms with E-state index < -0.39 is 6.10 Å². The van der Waals surface area contributed by atoms with Crippen LogP contribution in [0.1, 0.15) is 69.2 Å². The molecule has 33 heavy (non-hydrogen) atoms. The van der Waals surface area contributed by atoms with Gasteiger partial charge in [0.25, 0.3) is 5.91 Å². The average molecular weight is 462 g/mol. The minimum atomic E-state index is -1.03. The number of aliphatic hydroxyl groups excluding tert-OH is 1. The van der Waals surface area contributed by atoms with Crippen molar-refractivity contribution >= 4 is 23.6 Å². The first-order valence-electron chi connectivity index (χ1n) is 12.3. The SMILES string of the molecule is CC(C)N1CCC(NC(=O)c2cnc3nc2NCCCC(O)C(=O)NCCCCCN3)CC1. The van der Waals surface area contributed by atoms with Crippen LogP contribution in [0.2, 0.25) is 0 Å². The van der Waals surface area contributed by atoms with Crippen molar-refractivity contribution in [3.05, 3.63) is 11.8 Å². The summed E-state index contributed by atoms with van der Waals surface area (Å²) in [6.45, 7) is 8.09. The number of hydrogen-bond donors (Lipinski definition) is 5. The lowest BCUT2D eigenvalue weighted by Gasteiger charge is -2.34. The van der Waals surface area contributed by atoms with Gasteiger partial charge in [0.2, 0.25) is 11.9 Å². The van der Waals surface area contributed by atoms with Crippen molar-refractivity contribution in [2.24, 2.45) is 0 Å². The number of fused-ring (bicyclic) bond motifs is 2. The molecule has 184 valence electrons. The highest BCUT2D eigenvalue weighted by atomic mass is 16.3. The summed E-state index contributed by atoms with van der Waals surface area (Å²) < 4.78 is 0. The van der Waals surface area contributed by atoms with Gasteiger partial charge in [0, 0.05) is 51.0 Å². The van der Waals surface area contributed by atoms with Crippen LogP contribution in [0.5, 0.6) is 0 Å². The number of amides is 2. The predicted molar refractivity (Wildman–Crippen MR) is 128 cm³/mol. The predicted octanol–water partition coefficient (Wildman–Crippen LogP) is 1.34. The number of carbonyl (C=O) groups excluding carboxylic acids is 2. The van der Waals surface area contributed by atoms with E-state index >= 15 is 0 Å². The summed E-state index contributed by atoms with van der Waals surface area (Å²) in [4.78, 5) is 36.3. The van der Waals surface area contributed by atoms with Gasteiger partial charge in [0.15, 0.2) is 0 Å². The molecule has 1 aromatic heterocycles. The van der Waals surface area contributed by atoms with Crippen LogP contribution in [0.15, 0.2) is 6.20 Å². The van der Waals surface area contributed by atoms with E-state index in [1.54, 1.807) is 6.20 Å². The molecule has 2 bridgehead atoms. The topological polar surface area (TPSA) is 132 Å². The van der Waals surface area contributed by atoms with Crippen molar-refractivity contribution in [1.82, 2.24) is 25.5 Å². The second kappa shape index (κ2) is 12.7. The Labute approximate surface area is 196 Å². The molecule has 1 atom stereocenters. The first-order valence-corrected chi connectivity index (χ1v) is 12.3. The van der Waals surface area contributed by atoms with E-state index in [4.69, 9.17) is 0 Å². The molecule has 2 amide bonds. The summed E-state index contributed by atoms with van der Waals surface area (Å²) >= 11 is 0. The van der Waals surface area contributed by atoms with Gasteiger partial charge < -0.3 is 31.3 Å². The minimum absolute atomic E-state index is 0.136. The maximum atomic E-state index is 13.0. The fraction of sp³-hybridized carbons (Fsp3) is 0.739. The van der Waals surface area contributed by atoms with Crippen molar-refractivity contribution in [3.63, 3.8) is 0 Å². The van der Waals surface area contributed by atoms with E-state index in [0.29, 0.717) is 55.8 Å². The maximum Gasteiger partial charge on any atom is 0.256 e. The third-order valence-electron chi connectivity index (χ3n) is 6.31. The molecular formula is C23H39N7O3. The number of hydrogen-bond acceptors (Lipinski definition) is 8. The molecule has 10 nitrogen and oxygen atoms in total. The molecule has 5 N–H and O–H groups in total. The standard InChI is InChI=1S/C23H39N7O3/c1-16(2)30-13-8-17(9-14-30)28-21(32)18-15-27-23-26-11-5-3-4-10-25-22(33)19(31)7-6-12-24-20(18)29-23/h15-17,19,31H,3-14H2,1-2H3,(H,25,33)(H,28,32)(H2,24,26,27,29). The van der Waals surface area contributed by atoms with Crippen LogP contribution in [-0.2, 0) is 4.79 Å². The summed E-state index contributed by atoms with van der Waals surface area (Å²) in [6.07, 6.45) is 5.99. The Bertz CT molecular complexity index is 781. The maximum absolute atomic E-state index is 13.0. The third-order valence-corrected chi connectivity index (χ3v) is 6.31. The molecule has 1 fully saturated rings. The molecule has 3 rings (SSSR count). The zero-order chi connectivity index (χ0) is 23.6. The molecule has 0 spiro atoms. The van der Waals surface area contributed by atoms with Crippen molar-refractivity contribution in [2.75, 3.05) is 43.4 Å². The number of piperidine rings is 1. The number of aromatic nitrogens is 2. The fourth-order valence-corrected chi connectivity index (χ4v) is 4.18. The highest BCUT2D eigenvalue weighted by Crippen LogP contribution is 2.18. The van der Waals surface area contributed by atoms with Gasteiger partial charge in [-0.2, -0.15) is 4.98 Å². The smallest absolute Gasteiger partial charge is 0.256 e. The Balaban J connectivity index is 1.65. The van der Waals surface area contributed by atoms with Gasteiger partial charge >= 0.3 is 0 Å². The van der Waals surface area contributed by atoms with E-state index in [0.717, 1.165) is 45.2 Å². The molecule has 0 saturated carbocycles. The van der Waals surface area contributed by atoms with E-state index in [1.807, 2.05) is 0 Å². The van der Waals surface area contributed by atoms with Crippen molar-refractivity contribution in [2.45, 2.75) is 77.0 Å². The monoisotopic (exact) mass is 461 g/mol. The molecule has 2 aliphatic heterocycles. The third kappa shape index (κ3) is 7.82. The molecule has 2 aliphatic rings. The molecule has 0 aliphatic carbocycles. The molecular weight excluding hydrogens is 422 g/mol. The minimum Gasteiger partial charge on any atom is -0.383 e.